The van der Waals surface area contributed by atoms with Crippen LogP contribution in [-0.4, -0.2) is 41.8 Å². The SMILES string of the molecule is CCCCOc1c(Br)cc(C=NNC(=O)CSc2nnc(-c3ccccc3)s2)cc1OC. The number of amides is 1. The highest BCUT2D eigenvalue weighted by Crippen LogP contribution is 2.36. The first-order valence-corrected chi connectivity index (χ1v) is 12.5. The Kier molecular flexibility index (Phi) is 9.51. The van der Waals surface area contributed by atoms with Gasteiger partial charge in [-0.1, -0.05) is 66.8 Å². The van der Waals surface area contributed by atoms with E-state index in [2.05, 4.69) is 43.6 Å². The lowest BCUT2D eigenvalue weighted by molar-refractivity contribution is -0.118. The Morgan fingerprint density at radius 1 is 1.28 bits per heavy atom. The highest BCUT2D eigenvalue weighted by molar-refractivity contribution is 9.10. The minimum atomic E-state index is -0.228. The Bertz CT molecular complexity index is 1060. The van der Waals surface area contributed by atoms with Crippen LogP contribution in [0, 0.1) is 0 Å². The number of unbranched alkanes of at least 4 members (excludes halogenated alkanes) is 1. The highest BCUT2D eigenvalue weighted by Gasteiger charge is 2.12. The zero-order valence-corrected chi connectivity index (χ0v) is 20.9. The van der Waals surface area contributed by atoms with Gasteiger partial charge in [0.1, 0.15) is 5.01 Å². The molecule has 1 heterocycles. The number of hydrazone groups is 1. The number of aromatic nitrogens is 2. The Morgan fingerprint density at radius 2 is 2.09 bits per heavy atom. The van der Waals surface area contributed by atoms with E-state index in [1.165, 1.54) is 23.1 Å². The van der Waals surface area contributed by atoms with Crippen molar-refractivity contribution in [3.8, 4) is 22.1 Å². The molecule has 1 amide bonds. The monoisotopic (exact) mass is 534 g/mol. The van der Waals surface area contributed by atoms with E-state index in [9.17, 15) is 4.79 Å². The fraction of sp³-hybridized carbons (Fsp3) is 0.273. The molecule has 0 unspecified atom stereocenters. The molecule has 168 valence electrons. The summed E-state index contributed by atoms with van der Waals surface area (Å²) in [5.74, 6) is 1.22. The molecule has 10 heteroatoms. The zero-order chi connectivity index (χ0) is 22.8. The minimum Gasteiger partial charge on any atom is -0.493 e. The van der Waals surface area contributed by atoms with Crippen LogP contribution in [0.3, 0.4) is 0 Å². The Labute approximate surface area is 203 Å². The Balaban J connectivity index is 1.52. The summed E-state index contributed by atoms with van der Waals surface area (Å²) in [6.07, 6.45) is 3.58. The lowest BCUT2D eigenvalue weighted by Gasteiger charge is -2.13. The second kappa shape index (κ2) is 12.6. The van der Waals surface area contributed by atoms with Gasteiger partial charge in [0.2, 0.25) is 0 Å². The first kappa shape index (κ1) is 24.2. The summed E-state index contributed by atoms with van der Waals surface area (Å²) in [5.41, 5.74) is 4.31. The van der Waals surface area contributed by atoms with Crippen LogP contribution < -0.4 is 14.9 Å². The maximum absolute atomic E-state index is 12.1. The summed E-state index contributed by atoms with van der Waals surface area (Å²) in [4.78, 5) is 12.1. The highest BCUT2D eigenvalue weighted by atomic mass is 79.9. The smallest absolute Gasteiger partial charge is 0.250 e. The molecule has 3 rings (SSSR count). The molecule has 0 saturated carbocycles. The van der Waals surface area contributed by atoms with Crippen LogP contribution in [0.1, 0.15) is 25.3 Å². The molecule has 0 saturated heterocycles. The number of rotatable bonds is 11. The number of hydrogen-bond donors (Lipinski definition) is 1. The fourth-order valence-electron chi connectivity index (χ4n) is 2.58. The van der Waals surface area contributed by atoms with Gasteiger partial charge in [-0.3, -0.25) is 4.79 Å². The van der Waals surface area contributed by atoms with E-state index >= 15 is 0 Å². The zero-order valence-electron chi connectivity index (χ0n) is 17.7. The molecule has 0 spiro atoms. The second-order valence-corrected chi connectivity index (χ2v) is 9.61. The predicted octanol–water partition coefficient (Wildman–Crippen LogP) is 5.40. The van der Waals surface area contributed by atoms with Gasteiger partial charge in [0.05, 0.1) is 30.2 Å². The molecular formula is C22H23BrN4O3S2. The van der Waals surface area contributed by atoms with E-state index in [0.29, 0.717) is 18.1 Å². The van der Waals surface area contributed by atoms with Crippen LogP contribution >= 0.6 is 39.0 Å². The number of nitrogens with one attached hydrogen (secondary N) is 1. The number of hydrogen-bond acceptors (Lipinski definition) is 8. The van der Waals surface area contributed by atoms with Crippen LogP contribution in [-0.2, 0) is 4.79 Å². The molecular weight excluding hydrogens is 512 g/mol. The van der Waals surface area contributed by atoms with E-state index in [4.69, 9.17) is 9.47 Å². The molecule has 0 fully saturated rings. The van der Waals surface area contributed by atoms with Crippen LogP contribution in [0.4, 0.5) is 0 Å². The third-order valence-corrected chi connectivity index (χ3v) is 6.85. The molecule has 0 aliphatic heterocycles. The standard InChI is InChI=1S/C22H23BrN4O3S2/c1-3-4-10-30-20-17(23)11-15(12-18(20)29-2)13-24-25-19(28)14-31-22-27-26-21(32-22)16-8-6-5-7-9-16/h5-9,11-13H,3-4,10,14H2,1-2H3,(H,25,28). The van der Waals surface area contributed by atoms with Crippen molar-refractivity contribution in [2.75, 3.05) is 19.5 Å². The number of ether oxygens (including phenoxy) is 2. The van der Waals surface area contributed by atoms with Gasteiger partial charge in [-0.05, 0) is 40.0 Å². The normalized spacial score (nSPS) is 11.0. The van der Waals surface area contributed by atoms with Crippen molar-refractivity contribution in [1.82, 2.24) is 15.6 Å². The number of nitrogens with zero attached hydrogens (tertiary/aromatic N) is 3. The van der Waals surface area contributed by atoms with Crippen molar-refractivity contribution < 1.29 is 14.3 Å². The molecule has 1 aromatic heterocycles. The summed E-state index contributed by atoms with van der Waals surface area (Å²) in [5, 5.41) is 13.2. The second-order valence-electron chi connectivity index (χ2n) is 6.56. The average molecular weight is 535 g/mol. The third-order valence-electron chi connectivity index (χ3n) is 4.15. The summed E-state index contributed by atoms with van der Waals surface area (Å²) in [6, 6.07) is 13.5. The summed E-state index contributed by atoms with van der Waals surface area (Å²) in [6.45, 7) is 2.73. The maximum Gasteiger partial charge on any atom is 0.250 e. The van der Waals surface area contributed by atoms with Gasteiger partial charge < -0.3 is 9.47 Å². The van der Waals surface area contributed by atoms with Crippen LogP contribution in [0.15, 0.2) is 56.4 Å². The molecule has 1 N–H and O–H groups in total. The number of thioether (sulfide) groups is 1. The molecule has 0 aliphatic carbocycles. The molecule has 0 radical (unpaired) electrons. The van der Waals surface area contributed by atoms with E-state index in [1.807, 2.05) is 42.5 Å². The van der Waals surface area contributed by atoms with Crippen molar-refractivity contribution in [3.63, 3.8) is 0 Å². The van der Waals surface area contributed by atoms with Crippen LogP contribution in [0.5, 0.6) is 11.5 Å². The first-order chi connectivity index (χ1) is 15.6. The van der Waals surface area contributed by atoms with E-state index in [1.54, 1.807) is 13.3 Å². The summed E-state index contributed by atoms with van der Waals surface area (Å²) < 4.78 is 12.7. The van der Waals surface area contributed by atoms with E-state index < -0.39 is 0 Å². The van der Waals surface area contributed by atoms with Gasteiger partial charge in [0.25, 0.3) is 5.91 Å². The number of benzene rings is 2. The molecule has 32 heavy (non-hydrogen) atoms. The molecule has 7 nitrogen and oxygen atoms in total. The van der Waals surface area contributed by atoms with Crippen molar-refractivity contribution in [2.24, 2.45) is 5.10 Å². The van der Waals surface area contributed by atoms with Crippen molar-refractivity contribution in [2.45, 2.75) is 24.1 Å². The number of carbonyl (C=O) groups is 1. The minimum absolute atomic E-state index is 0.192. The van der Waals surface area contributed by atoms with Gasteiger partial charge in [0, 0.05) is 5.56 Å². The summed E-state index contributed by atoms with van der Waals surface area (Å²) >= 11 is 6.29. The molecule has 0 bridgehead atoms. The van der Waals surface area contributed by atoms with Crippen molar-refractivity contribution in [3.05, 3.63) is 52.5 Å². The largest absolute Gasteiger partial charge is 0.493 e. The fourth-order valence-corrected chi connectivity index (χ4v) is 4.80. The topological polar surface area (TPSA) is 85.7 Å². The maximum atomic E-state index is 12.1. The number of methoxy groups -OCH3 is 1. The lowest BCUT2D eigenvalue weighted by atomic mass is 10.2. The van der Waals surface area contributed by atoms with E-state index in [0.717, 1.165) is 37.8 Å². The quantitative estimate of drug-likeness (QED) is 0.153. The summed E-state index contributed by atoms with van der Waals surface area (Å²) in [7, 11) is 1.59. The van der Waals surface area contributed by atoms with Crippen molar-refractivity contribution in [1.29, 1.82) is 0 Å². The lowest BCUT2D eigenvalue weighted by Crippen LogP contribution is -2.19. The van der Waals surface area contributed by atoms with Gasteiger partial charge in [-0.25, -0.2) is 5.43 Å². The van der Waals surface area contributed by atoms with Gasteiger partial charge in [-0.15, -0.1) is 10.2 Å². The number of carbonyl (C=O) groups excluding carboxylic acids is 1. The van der Waals surface area contributed by atoms with Crippen LogP contribution in [0.2, 0.25) is 0 Å². The van der Waals surface area contributed by atoms with Gasteiger partial charge >= 0.3 is 0 Å². The first-order valence-electron chi connectivity index (χ1n) is 9.94. The van der Waals surface area contributed by atoms with Gasteiger partial charge in [0.15, 0.2) is 15.8 Å². The Morgan fingerprint density at radius 3 is 2.84 bits per heavy atom. The predicted molar refractivity (Wildman–Crippen MR) is 133 cm³/mol. The molecule has 3 aromatic rings. The van der Waals surface area contributed by atoms with Crippen LogP contribution in [0.25, 0.3) is 10.6 Å². The molecule has 0 atom stereocenters. The third kappa shape index (κ3) is 7.04. The molecule has 0 aliphatic rings. The number of halogens is 1. The van der Waals surface area contributed by atoms with Gasteiger partial charge in [-0.2, -0.15) is 5.10 Å². The molecule has 2 aromatic carbocycles. The van der Waals surface area contributed by atoms with E-state index in [-0.39, 0.29) is 11.7 Å². The Hall–Kier alpha value is -2.43. The average Bonchev–Trinajstić information content (AvgIpc) is 3.28. The van der Waals surface area contributed by atoms with Crippen molar-refractivity contribution >= 4 is 51.2 Å².